The molecule has 3 N–H and O–H groups in total. The van der Waals surface area contributed by atoms with Gasteiger partial charge in [0.15, 0.2) is 0 Å². The van der Waals surface area contributed by atoms with Crippen molar-refractivity contribution in [2.45, 2.75) is 6.92 Å². The summed E-state index contributed by atoms with van der Waals surface area (Å²) in [6.45, 7) is 1.43. The first-order valence-corrected chi connectivity index (χ1v) is 5.19. The zero-order valence-corrected chi connectivity index (χ0v) is 9.60. The summed E-state index contributed by atoms with van der Waals surface area (Å²) >= 11 is 0. The Hall–Kier alpha value is -2.70. The molecule has 0 saturated carbocycles. The molecule has 2 aromatic rings. The van der Waals surface area contributed by atoms with Crippen LogP contribution in [0.25, 0.3) is 0 Å². The average Bonchev–Trinajstić information content (AvgIpc) is 2.84. The van der Waals surface area contributed by atoms with E-state index in [4.69, 9.17) is 0 Å². The molecule has 0 aliphatic carbocycles. The van der Waals surface area contributed by atoms with Gasteiger partial charge in [-0.05, 0) is 24.3 Å². The molecule has 7 nitrogen and oxygen atoms in total. The Morgan fingerprint density at radius 2 is 1.72 bits per heavy atom. The molecule has 1 heterocycles. The molecule has 1 aromatic carbocycles. The molecule has 0 aliphatic rings. The van der Waals surface area contributed by atoms with Crippen molar-refractivity contribution < 1.29 is 9.59 Å². The van der Waals surface area contributed by atoms with Crippen LogP contribution in [0.2, 0.25) is 0 Å². The lowest BCUT2D eigenvalue weighted by Gasteiger charge is -2.05. The Balaban J connectivity index is 2.02. The van der Waals surface area contributed by atoms with Gasteiger partial charge < -0.3 is 10.6 Å². The van der Waals surface area contributed by atoms with Crippen molar-refractivity contribution in [3.63, 3.8) is 0 Å². The summed E-state index contributed by atoms with van der Waals surface area (Å²) in [5.41, 5.74) is 1.27. The standard InChI is InChI=1S/C11H11N5O2/c1-7(17)14-8-2-4-9(5-3-8)15-11(18)10-12-6-13-16-10/h2-6H,1H3,(H,14,17)(H,15,18)(H,12,13,16). The fraction of sp³-hybridized carbons (Fsp3) is 0.0909. The number of aromatic nitrogens is 3. The molecule has 0 fully saturated rings. The number of carbonyl (C=O) groups excluding carboxylic acids is 2. The molecule has 0 aliphatic heterocycles. The monoisotopic (exact) mass is 245 g/mol. The van der Waals surface area contributed by atoms with E-state index in [0.717, 1.165) is 0 Å². The molecule has 0 bridgehead atoms. The highest BCUT2D eigenvalue weighted by atomic mass is 16.2. The second kappa shape index (κ2) is 5.09. The third-order valence-corrected chi connectivity index (χ3v) is 2.09. The Kier molecular flexibility index (Phi) is 3.33. The van der Waals surface area contributed by atoms with E-state index < -0.39 is 0 Å². The van der Waals surface area contributed by atoms with E-state index in [1.165, 1.54) is 13.3 Å². The smallest absolute Gasteiger partial charge is 0.292 e. The molecule has 2 amide bonds. The molecule has 7 heteroatoms. The third kappa shape index (κ3) is 2.91. The van der Waals surface area contributed by atoms with Crippen molar-refractivity contribution in [1.82, 2.24) is 15.2 Å². The van der Waals surface area contributed by atoms with Crippen molar-refractivity contribution in [3.05, 3.63) is 36.4 Å². The van der Waals surface area contributed by atoms with Gasteiger partial charge in [-0.25, -0.2) is 4.98 Å². The second-order valence-electron chi connectivity index (χ2n) is 3.55. The molecule has 0 spiro atoms. The van der Waals surface area contributed by atoms with E-state index >= 15 is 0 Å². The SMILES string of the molecule is CC(=O)Nc1ccc(NC(=O)c2ncn[nH]2)cc1. The van der Waals surface area contributed by atoms with Crippen LogP contribution >= 0.6 is 0 Å². The molecule has 0 saturated heterocycles. The number of nitrogens with one attached hydrogen (secondary N) is 3. The quantitative estimate of drug-likeness (QED) is 0.751. The molecular weight excluding hydrogens is 234 g/mol. The van der Waals surface area contributed by atoms with Crippen LogP contribution in [-0.2, 0) is 4.79 Å². The topological polar surface area (TPSA) is 99.8 Å². The Morgan fingerprint density at radius 3 is 2.22 bits per heavy atom. The van der Waals surface area contributed by atoms with E-state index in [1.54, 1.807) is 24.3 Å². The van der Waals surface area contributed by atoms with Crippen LogP contribution in [0.1, 0.15) is 17.5 Å². The van der Waals surface area contributed by atoms with Crippen molar-refractivity contribution >= 4 is 23.2 Å². The molecule has 18 heavy (non-hydrogen) atoms. The van der Waals surface area contributed by atoms with E-state index in [2.05, 4.69) is 25.8 Å². The van der Waals surface area contributed by atoms with Gasteiger partial charge in [-0.3, -0.25) is 14.7 Å². The third-order valence-electron chi connectivity index (χ3n) is 2.09. The lowest BCUT2D eigenvalue weighted by Crippen LogP contribution is -2.13. The fourth-order valence-corrected chi connectivity index (χ4v) is 1.35. The highest BCUT2D eigenvalue weighted by Gasteiger charge is 2.08. The van der Waals surface area contributed by atoms with Gasteiger partial charge in [0, 0.05) is 18.3 Å². The minimum Gasteiger partial charge on any atom is -0.326 e. The highest BCUT2D eigenvalue weighted by molar-refractivity contribution is 6.01. The predicted octanol–water partition coefficient (Wildman–Crippen LogP) is 1.02. The number of anilines is 2. The minimum absolute atomic E-state index is 0.140. The Bertz CT molecular complexity index is 547. The number of hydrogen-bond acceptors (Lipinski definition) is 4. The number of rotatable bonds is 3. The van der Waals surface area contributed by atoms with Gasteiger partial charge in [0.2, 0.25) is 11.7 Å². The molecule has 1 aromatic heterocycles. The molecular formula is C11H11N5O2. The molecule has 0 atom stereocenters. The molecule has 92 valence electrons. The number of carbonyl (C=O) groups is 2. The maximum atomic E-state index is 11.6. The van der Waals surface area contributed by atoms with Crippen LogP contribution < -0.4 is 10.6 Å². The van der Waals surface area contributed by atoms with Crippen molar-refractivity contribution in [2.24, 2.45) is 0 Å². The predicted molar refractivity (Wildman–Crippen MR) is 65.1 cm³/mol. The fourth-order valence-electron chi connectivity index (χ4n) is 1.35. The summed E-state index contributed by atoms with van der Waals surface area (Å²) in [7, 11) is 0. The van der Waals surface area contributed by atoms with Gasteiger partial charge >= 0.3 is 0 Å². The van der Waals surface area contributed by atoms with E-state index in [0.29, 0.717) is 11.4 Å². The van der Waals surface area contributed by atoms with Gasteiger partial charge in [-0.2, -0.15) is 5.10 Å². The number of H-pyrrole nitrogens is 1. The first-order chi connectivity index (χ1) is 8.65. The zero-order valence-electron chi connectivity index (χ0n) is 9.60. The average molecular weight is 245 g/mol. The van der Waals surface area contributed by atoms with Gasteiger partial charge in [0.1, 0.15) is 6.33 Å². The number of amides is 2. The van der Waals surface area contributed by atoms with E-state index in [-0.39, 0.29) is 17.6 Å². The van der Waals surface area contributed by atoms with E-state index in [9.17, 15) is 9.59 Å². The summed E-state index contributed by atoms with van der Waals surface area (Å²) in [5.74, 6) is -0.380. The van der Waals surface area contributed by atoms with E-state index in [1.807, 2.05) is 0 Å². The Labute approximate surface area is 103 Å². The number of nitrogens with zero attached hydrogens (tertiary/aromatic N) is 2. The summed E-state index contributed by atoms with van der Waals surface area (Å²) < 4.78 is 0. The van der Waals surface area contributed by atoms with Crippen LogP contribution in [0, 0.1) is 0 Å². The largest absolute Gasteiger partial charge is 0.326 e. The summed E-state index contributed by atoms with van der Waals surface area (Å²) in [5, 5.41) is 11.3. The zero-order chi connectivity index (χ0) is 13.0. The van der Waals surface area contributed by atoms with Crippen LogP contribution in [0.15, 0.2) is 30.6 Å². The Morgan fingerprint density at radius 1 is 1.11 bits per heavy atom. The lowest BCUT2D eigenvalue weighted by atomic mass is 10.2. The van der Waals surface area contributed by atoms with Gasteiger partial charge in [-0.15, -0.1) is 0 Å². The normalized spacial score (nSPS) is 9.83. The van der Waals surface area contributed by atoms with Crippen molar-refractivity contribution in [3.8, 4) is 0 Å². The number of aromatic amines is 1. The first-order valence-electron chi connectivity index (χ1n) is 5.19. The number of hydrogen-bond donors (Lipinski definition) is 3. The van der Waals surface area contributed by atoms with Crippen molar-refractivity contribution in [1.29, 1.82) is 0 Å². The minimum atomic E-state index is -0.375. The maximum absolute atomic E-state index is 11.6. The van der Waals surface area contributed by atoms with Gasteiger partial charge in [-0.1, -0.05) is 0 Å². The van der Waals surface area contributed by atoms with Crippen LogP contribution in [0.4, 0.5) is 11.4 Å². The molecule has 0 unspecified atom stereocenters. The van der Waals surface area contributed by atoms with Crippen molar-refractivity contribution in [2.75, 3.05) is 10.6 Å². The highest BCUT2D eigenvalue weighted by Crippen LogP contribution is 2.13. The lowest BCUT2D eigenvalue weighted by molar-refractivity contribution is -0.114. The maximum Gasteiger partial charge on any atom is 0.292 e. The van der Waals surface area contributed by atoms with Crippen LogP contribution in [-0.4, -0.2) is 27.0 Å². The summed E-state index contributed by atoms with van der Waals surface area (Å²) in [6.07, 6.45) is 1.26. The van der Waals surface area contributed by atoms with Gasteiger partial charge in [0.25, 0.3) is 5.91 Å². The molecule has 2 rings (SSSR count). The first kappa shape index (κ1) is 11.8. The molecule has 0 radical (unpaired) electrons. The second-order valence-corrected chi connectivity index (χ2v) is 3.55. The van der Waals surface area contributed by atoms with Gasteiger partial charge in [0.05, 0.1) is 0 Å². The summed E-state index contributed by atoms with van der Waals surface area (Å²) in [4.78, 5) is 26.2. The number of benzene rings is 1. The summed E-state index contributed by atoms with van der Waals surface area (Å²) in [6, 6.07) is 6.74. The van der Waals surface area contributed by atoms with Crippen LogP contribution in [0.3, 0.4) is 0 Å². The van der Waals surface area contributed by atoms with Crippen LogP contribution in [0.5, 0.6) is 0 Å².